The van der Waals surface area contributed by atoms with Gasteiger partial charge in [0, 0.05) is 11.1 Å². The van der Waals surface area contributed by atoms with E-state index in [1.165, 1.54) is 11.3 Å². The van der Waals surface area contributed by atoms with Gasteiger partial charge in [-0.1, -0.05) is 0 Å². The highest BCUT2D eigenvalue weighted by molar-refractivity contribution is 7.18. The van der Waals surface area contributed by atoms with Crippen LogP contribution in [0.1, 0.15) is 5.56 Å². The van der Waals surface area contributed by atoms with Gasteiger partial charge in [0.25, 0.3) is 0 Å². The lowest BCUT2D eigenvalue weighted by Crippen LogP contribution is -1.86. The number of benzene rings is 1. The number of rotatable bonds is 0. The Bertz CT molecular complexity index is 510. The Labute approximate surface area is 78.6 Å². The maximum Gasteiger partial charge on any atom is 0.136 e. The van der Waals surface area contributed by atoms with Gasteiger partial charge in [-0.05, 0) is 12.1 Å². The number of hydrogen-bond donors (Lipinski definition) is 2. The van der Waals surface area contributed by atoms with E-state index in [9.17, 15) is 5.11 Å². The van der Waals surface area contributed by atoms with Crippen LogP contribution in [0.15, 0.2) is 17.5 Å². The van der Waals surface area contributed by atoms with E-state index in [1.807, 2.05) is 0 Å². The molecule has 4 heteroatoms. The summed E-state index contributed by atoms with van der Waals surface area (Å²) in [6.07, 6.45) is 0. The smallest absolute Gasteiger partial charge is 0.136 e. The molecule has 1 aromatic carbocycles. The van der Waals surface area contributed by atoms with Crippen LogP contribution in [0.25, 0.3) is 10.1 Å². The molecular formula is C9H6N2OS. The molecule has 1 aromatic heterocycles. The summed E-state index contributed by atoms with van der Waals surface area (Å²) in [6, 6.07) is 5.35. The quantitative estimate of drug-likeness (QED) is 0.624. The Morgan fingerprint density at radius 3 is 2.92 bits per heavy atom. The molecule has 0 aliphatic heterocycles. The minimum Gasteiger partial charge on any atom is -0.506 e. The monoisotopic (exact) mass is 190 g/mol. The van der Waals surface area contributed by atoms with Crippen molar-refractivity contribution in [3.8, 4) is 11.8 Å². The van der Waals surface area contributed by atoms with Crippen molar-refractivity contribution in [2.75, 3.05) is 5.73 Å². The number of nitrogens with two attached hydrogens (primary N) is 1. The normalized spacial score (nSPS) is 10.1. The van der Waals surface area contributed by atoms with Crippen LogP contribution >= 0.6 is 11.3 Å². The van der Waals surface area contributed by atoms with Crippen molar-refractivity contribution >= 4 is 27.1 Å². The van der Waals surface area contributed by atoms with Crippen LogP contribution in [-0.4, -0.2) is 5.11 Å². The third-order valence-corrected chi connectivity index (χ3v) is 2.86. The zero-order valence-electron chi connectivity index (χ0n) is 6.61. The second-order valence-corrected chi connectivity index (χ2v) is 3.52. The number of fused-ring (bicyclic) bond motifs is 1. The van der Waals surface area contributed by atoms with Gasteiger partial charge in [-0.25, -0.2) is 0 Å². The number of anilines is 1. The lowest BCUT2D eigenvalue weighted by atomic mass is 10.1. The molecule has 0 atom stereocenters. The van der Waals surface area contributed by atoms with Crippen LogP contribution in [-0.2, 0) is 0 Å². The Hall–Kier alpha value is -1.73. The summed E-state index contributed by atoms with van der Waals surface area (Å²) in [7, 11) is 0. The lowest BCUT2D eigenvalue weighted by Gasteiger charge is -1.97. The standard InChI is InChI=1S/C9H6N2OS/c10-3-5-1-2-6(11)8-7(12)4-13-9(5)8/h1-2,4,12H,11H2. The van der Waals surface area contributed by atoms with Crippen LogP contribution in [0.5, 0.6) is 5.75 Å². The Morgan fingerprint density at radius 1 is 1.46 bits per heavy atom. The predicted molar refractivity (Wildman–Crippen MR) is 52.6 cm³/mol. The summed E-state index contributed by atoms with van der Waals surface area (Å²) in [5.74, 6) is 0.148. The highest BCUT2D eigenvalue weighted by atomic mass is 32.1. The Kier molecular flexibility index (Phi) is 1.61. The van der Waals surface area contributed by atoms with Gasteiger partial charge >= 0.3 is 0 Å². The zero-order valence-corrected chi connectivity index (χ0v) is 7.43. The topological polar surface area (TPSA) is 70.0 Å². The van der Waals surface area contributed by atoms with E-state index in [0.717, 1.165) is 4.70 Å². The molecule has 0 saturated heterocycles. The van der Waals surface area contributed by atoms with E-state index in [2.05, 4.69) is 6.07 Å². The van der Waals surface area contributed by atoms with Crippen molar-refractivity contribution in [3.63, 3.8) is 0 Å². The summed E-state index contributed by atoms with van der Waals surface area (Å²) >= 11 is 1.33. The predicted octanol–water partition coefficient (Wildman–Crippen LogP) is 2.06. The van der Waals surface area contributed by atoms with Gasteiger partial charge in [-0.3, -0.25) is 0 Å². The van der Waals surface area contributed by atoms with E-state index in [1.54, 1.807) is 17.5 Å². The molecule has 13 heavy (non-hydrogen) atoms. The van der Waals surface area contributed by atoms with Gasteiger partial charge in [0.1, 0.15) is 11.8 Å². The average Bonchev–Trinajstić information content (AvgIpc) is 2.50. The molecule has 0 spiro atoms. The number of nitrogen functional groups attached to an aromatic ring is 1. The molecule has 0 amide bonds. The maximum absolute atomic E-state index is 9.43. The second-order valence-electron chi connectivity index (χ2n) is 2.64. The molecule has 2 rings (SSSR count). The van der Waals surface area contributed by atoms with E-state index in [0.29, 0.717) is 16.6 Å². The van der Waals surface area contributed by atoms with E-state index < -0.39 is 0 Å². The largest absolute Gasteiger partial charge is 0.506 e. The lowest BCUT2D eigenvalue weighted by molar-refractivity contribution is 0.484. The van der Waals surface area contributed by atoms with Crippen molar-refractivity contribution in [3.05, 3.63) is 23.1 Å². The first kappa shape index (κ1) is 7.90. The summed E-state index contributed by atoms with van der Waals surface area (Å²) in [5.41, 5.74) is 6.72. The number of nitriles is 1. The summed E-state index contributed by atoms with van der Waals surface area (Å²) in [4.78, 5) is 0. The fourth-order valence-electron chi connectivity index (χ4n) is 1.25. The van der Waals surface area contributed by atoms with Gasteiger partial charge in [-0.2, -0.15) is 5.26 Å². The molecule has 2 aromatic rings. The van der Waals surface area contributed by atoms with Gasteiger partial charge in [0.15, 0.2) is 0 Å². The van der Waals surface area contributed by atoms with Gasteiger partial charge in [0.2, 0.25) is 0 Å². The van der Waals surface area contributed by atoms with Crippen LogP contribution in [0, 0.1) is 11.3 Å². The minimum absolute atomic E-state index is 0.148. The highest BCUT2D eigenvalue weighted by Crippen LogP contribution is 2.37. The third-order valence-electron chi connectivity index (χ3n) is 1.85. The van der Waals surface area contributed by atoms with Gasteiger partial charge < -0.3 is 10.8 Å². The molecule has 0 aliphatic rings. The first-order valence-electron chi connectivity index (χ1n) is 3.63. The SMILES string of the molecule is N#Cc1ccc(N)c2c(O)csc12. The molecule has 0 saturated carbocycles. The van der Waals surface area contributed by atoms with E-state index in [-0.39, 0.29) is 5.75 Å². The molecule has 1 heterocycles. The van der Waals surface area contributed by atoms with Gasteiger partial charge in [-0.15, -0.1) is 11.3 Å². The Morgan fingerprint density at radius 2 is 2.23 bits per heavy atom. The molecule has 0 bridgehead atoms. The number of hydrogen-bond acceptors (Lipinski definition) is 4. The van der Waals surface area contributed by atoms with E-state index in [4.69, 9.17) is 11.0 Å². The minimum atomic E-state index is 0.148. The van der Waals surface area contributed by atoms with Crippen LogP contribution in [0.2, 0.25) is 0 Å². The van der Waals surface area contributed by atoms with Crippen molar-refractivity contribution in [2.45, 2.75) is 0 Å². The number of aromatic hydroxyl groups is 1. The average molecular weight is 190 g/mol. The molecule has 0 unspecified atom stereocenters. The third kappa shape index (κ3) is 1.02. The fourth-order valence-corrected chi connectivity index (χ4v) is 2.17. The number of thiophene rings is 1. The van der Waals surface area contributed by atoms with Crippen molar-refractivity contribution in [2.24, 2.45) is 0 Å². The van der Waals surface area contributed by atoms with Crippen molar-refractivity contribution in [1.29, 1.82) is 5.26 Å². The van der Waals surface area contributed by atoms with Crippen molar-refractivity contribution < 1.29 is 5.11 Å². The fraction of sp³-hybridized carbons (Fsp3) is 0. The molecule has 64 valence electrons. The Balaban J connectivity index is 2.97. The molecule has 0 fully saturated rings. The summed E-state index contributed by atoms with van der Waals surface area (Å²) < 4.78 is 0.750. The second kappa shape index (κ2) is 2.64. The highest BCUT2D eigenvalue weighted by Gasteiger charge is 2.09. The van der Waals surface area contributed by atoms with Crippen LogP contribution < -0.4 is 5.73 Å². The van der Waals surface area contributed by atoms with Crippen LogP contribution in [0.4, 0.5) is 5.69 Å². The molecule has 0 radical (unpaired) electrons. The van der Waals surface area contributed by atoms with E-state index >= 15 is 0 Å². The van der Waals surface area contributed by atoms with Crippen molar-refractivity contribution in [1.82, 2.24) is 0 Å². The first-order valence-corrected chi connectivity index (χ1v) is 4.50. The number of nitrogens with zero attached hydrogens (tertiary/aromatic N) is 1. The summed E-state index contributed by atoms with van der Waals surface area (Å²) in [6.45, 7) is 0. The molecule has 0 aliphatic carbocycles. The molecule has 3 nitrogen and oxygen atoms in total. The first-order chi connectivity index (χ1) is 6.24. The molecule has 3 N–H and O–H groups in total. The van der Waals surface area contributed by atoms with Crippen LogP contribution in [0.3, 0.4) is 0 Å². The summed E-state index contributed by atoms with van der Waals surface area (Å²) in [5, 5.41) is 20.4. The molecular weight excluding hydrogens is 184 g/mol. The van der Waals surface area contributed by atoms with Gasteiger partial charge in [0.05, 0.1) is 15.6 Å². The zero-order chi connectivity index (χ0) is 9.42. The maximum atomic E-state index is 9.43.